The minimum Gasteiger partial charge on any atom is -0.370 e. The summed E-state index contributed by atoms with van der Waals surface area (Å²) in [6, 6.07) is 1.42. The molecular weight excluding hydrogens is 258 g/mol. The fourth-order valence-corrected chi connectivity index (χ4v) is 2.05. The lowest BCUT2D eigenvalue weighted by molar-refractivity contribution is -0.385. The molecule has 0 unspecified atom stereocenters. The second-order valence-electron chi connectivity index (χ2n) is 4.03. The number of rotatable bonds is 6. The molecule has 8 heteroatoms. The number of anilines is 1. The molecule has 0 fully saturated rings. The Kier molecular flexibility index (Phi) is 4.60. The third-order valence-corrected chi connectivity index (χ3v) is 3.29. The summed E-state index contributed by atoms with van der Waals surface area (Å²) >= 11 is 0. The lowest BCUT2D eigenvalue weighted by Gasteiger charge is -2.07. The first-order valence-corrected chi connectivity index (χ1v) is 7.38. The summed E-state index contributed by atoms with van der Waals surface area (Å²) in [4.78, 5) is 13.9. The van der Waals surface area contributed by atoms with E-state index in [0.717, 1.165) is 0 Å². The van der Waals surface area contributed by atoms with Gasteiger partial charge in [0.1, 0.15) is 21.9 Å². The highest BCUT2D eigenvalue weighted by atomic mass is 32.2. The Morgan fingerprint density at radius 2 is 2.17 bits per heavy atom. The van der Waals surface area contributed by atoms with Crippen LogP contribution in [0.15, 0.2) is 12.3 Å². The molecule has 1 heterocycles. The molecule has 1 aromatic rings. The molecular formula is C10H15N3O4S. The summed E-state index contributed by atoms with van der Waals surface area (Å²) in [5.41, 5.74) is 0.595. The summed E-state index contributed by atoms with van der Waals surface area (Å²) in [5.74, 6) is 0.639. The van der Waals surface area contributed by atoms with E-state index in [1.165, 1.54) is 18.5 Å². The van der Waals surface area contributed by atoms with Gasteiger partial charge < -0.3 is 5.32 Å². The molecule has 0 saturated heterocycles. The Morgan fingerprint density at radius 3 is 2.67 bits per heavy atom. The lowest BCUT2D eigenvalue weighted by Crippen LogP contribution is -2.11. The summed E-state index contributed by atoms with van der Waals surface area (Å²) in [7, 11) is -2.96. The molecule has 0 atom stereocenters. The molecule has 0 spiro atoms. The Hall–Kier alpha value is -1.70. The number of nitrogens with one attached hydrogen (secondary N) is 1. The topological polar surface area (TPSA) is 102 Å². The fraction of sp³-hybridized carbons (Fsp3) is 0.500. The third kappa shape index (κ3) is 4.66. The highest BCUT2D eigenvalue weighted by molar-refractivity contribution is 7.90. The highest BCUT2D eigenvalue weighted by Crippen LogP contribution is 2.17. The minimum atomic E-state index is -2.96. The van der Waals surface area contributed by atoms with E-state index in [-0.39, 0.29) is 11.4 Å². The van der Waals surface area contributed by atoms with Crippen molar-refractivity contribution < 1.29 is 13.3 Å². The van der Waals surface area contributed by atoms with Crippen molar-refractivity contribution in [2.75, 3.05) is 23.9 Å². The zero-order valence-corrected chi connectivity index (χ0v) is 11.0. The van der Waals surface area contributed by atoms with Gasteiger partial charge in [-0.1, -0.05) is 0 Å². The van der Waals surface area contributed by atoms with Gasteiger partial charge in [0.25, 0.3) is 5.69 Å². The van der Waals surface area contributed by atoms with E-state index in [0.29, 0.717) is 24.3 Å². The lowest BCUT2D eigenvalue weighted by atomic mass is 10.2. The number of aryl methyl sites for hydroxylation is 1. The molecule has 0 saturated carbocycles. The summed E-state index contributed by atoms with van der Waals surface area (Å²) in [5, 5.41) is 13.5. The van der Waals surface area contributed by atoms with Crippen LogP contribution in [0.3, 0.4) is 0 Å². The van der Waals surface area contributed by atoms with Crippen molar-refractivity contribution in [3.8, 4) is 0 Å². The zero-order valence-electron chi connectivity index (χ0n) is 10.2. The molecule has 0 bridgehead atoms. The maximum absolute atomic E-state index is 10.9. The predicted molar refractivity (Wildman–Crippen MR) is 68.4 cm³/mol. The maximum Gasteiger partial charge on any atom is 0.287 e. The van der Waals surface area contributed by atoms with E-state index >= 15 is 0 Å². The van der Waals surface area contributed by atoms with Crippen LogP contribution < -0.4 is 5.32 Å². The first-order valence-electron chi connectivity index (χ1n) is 5.32. The Bertz CT molecular complexity index is 542. The maximum atomic E-state index is 10.9. The van der Waals surface area contributed by atoms with Gasteiger partial charge in [-0.2, -0.15) is 0 Å². The van der Waals surface area contributed by atoms with Crippen LogP contribution >= 0.6 is 0 Å². The molecule has 18 heavy (non-hydrogen) atoms. The Morgan fingerprint density at radius 1 is 1.50 bits per heavy atom. The van der Waals surface area contributed by atoms with E-state index in [4.69, 9.17) is 0 Å². The van der Waals surface area contributed by atoms with Gasteiger partial charge in [0.05, 0.1) is 10.7 Å². The first kappa shape index (κ1) is 14.4. The third-order valence-electron chi connectivity index (χ3n) is 2.26. The van der Waals surface area contributed by atoms with Crippen LogP contribution in [0.1, 0.15) is 12.0 Å². The van der Waals surface area contributed by atoms with Crippen molar-refractivity contribution in [3.63, 3.8) is 0 Å². The molecule has 1 N–H and O–H groups in total. The van der Waals surface area contributed by atoms with Gasteiger partial charge in [0.15, 0.2) is 0 Å². The zero-order chi connectivity index (χ0) is 13.8. The number of nitrogens with zero attached hydrogens (tertiary/aromatic N) is 2. The van der Waals surface area contributed by atoms with E-state index in [9.17, 15) is 18.5 Å². The van der Waals surface area contributed by atoms with E-state index < -0.39 is 14.8 Å². The van der Waals surface area contributed by atoms with Crippen molar-refractivity contribution in [2.45, 2.75) is 13.3 Å². The van der Waals surface area contributed by atoms with Gasteiger partial charge >= 0.3 is 0 Å². The summed E-state index contributed by atoms with van der Waals surface area (Å²) < 4.78 is 21.8. The van der Waals surface area contributed by atoms with Crippen molar-refractivity contribution in [3.05, 3.63) is 27.9 Å². The van der Waals surface area contributed by atoms with Gasteiger partial charge in [-0.15, -0.1) is 0 Å². The van der Waals surface area contributed by atoms with Crippen LogP contribution in [0.25, 0.3) is 0 Å². The molecule has 1 rings (SSSR count). The van der Waals surface area contributed by atoms with Gasteiger partial charge in [-0.05, 0) is 18.9 Å². The van der Waals surface area contributed by atoms with Gasteiger partial charge in [0.2, 0.25) is 0 Å². The highest BCUT2D eigenvalue weighted by Gasteiger charge is 2.09. The quantitative estimate of drug-likeness (QED) is 0.474. The number of hydrogen-bond donors (Lipinski definition) is 1. The molecule has 0 aliphatic heterocycles. The summed E-state index contributed by atoms with van der Waals surface area (Å²) in [6.45, 7) is 2.16. The molecule has 0 aromatic carbocycles. The number of sulfone groups is 1. The van der Waals surface area contributed by atoms with Gasteiger partial charge in [-0.25, -0.2) is 13.4 Å². The van der Waals surface area contributed by atoms with Crippen LogP contribution in [-0.2, 0) is 9.84 Å². The van der Waals surface area contributed by atoms with Crippen LogP contribution in [-0.4, -0.2) is 36.9 Å². The SMILES string of the molecule is Cc1cc([N+](=O)[O-])cnc1NCCCS(C)(=O)=O. The minimum absolute atomic E-state index is 0.0609. The number of hydrogen-bond acceptors (Lipinski definition) is 6. The molecule has 7 nitrogen and oxygen atoms in total. The number of pyridine rings is 1. The normalized spacial score (nSPS) is 11.2. The van der Waals surface area contributed by atoms with Crippen molar-refractivity contribution in [1.82, 2.24) is 4.98 Å². The molecule has 100 valence electrons. The predicted octanol–water partition coefficient (Wildman–Crippen LogP) is 1.14. The molecule has 0 aliphatic rings. The Balaban J connectivity index is 2.56. The molecule has 1 aromatic heterocycles. The standard InChI is InChI=1S/C10H15N3O4S/c1-8-6-9(13(14)15)7-12-10(8)11-4-3-5-18(2,16)17/h6-7H,3-5H2,1-2H3,(H,11,12). The van der Waals surface area contributed by atoms with E-state index in [2.05, 4.69) is 10.3 Å². The smallest absolute Gasteiger partial charge is 0.287 e. The van der Waals surface area contributed by atoms with E-state index in [1.54, 1.807) is 6.92 Å². The average molecular weight is 273 g/mol. The van der Waals surface area contributed by atoms with Crippen LogP contribution in [0.5, 0.6) is 0 Å². The van der Waals surface area contributed by atoms with Gasteiger partial charge in [0, 0.05) is 18.9 Å². The van der Waals surface area contributed by atoms with Crippen molar-refractivity contribution in [1.29, 1.82) is 0 Å². The van der Waals surface area contributed by atoms with Crippen LogP contribution in [0.4, 0.5) is 11.5 Å². The second-order valence-corrected chi connectivity index (χ2v) is 6.29. The van der Waals surface area contributed by atoms with E-state index in [1.807, 2.05) is 0 Å². The van der Waals surface area contributed by atoms with Crippen molar-refractivity contribution in [2.24, 2.45) is 0 Å². The number of nitro groups is 1. The monoisotopic (exact) mass is 273 g/mol. The first-order chi connectivity index (χ1) is 8.29. The molecule has 0 aliphatic carbocycles. The second kappa shape index (κ2) is 5.76. The van der Waals surface area contributed by atoms with Gasteiger partial charge in [-0.3, -0.25) is 10.1 Å². The number of aromatic nitrogens is 1. The summed E-state index contributed by atoms with van der Waals surface area (Å²) in [6.07, 6.45) is 2.82. The average Bonchev–Trinajstić information content (AvgIpc) is 2.24. The molecule has 0 amide bonds. The largest absolute Gasteiger partial charge is 0.370 e. The Labute approximate surface area is 105 Å². The van der Waals surface area contributed by atoms with Crippen molar-refractivity contribution >= 4 is 21.3 Å². The fourth-order valence-electron chi connectivity index (χ4n) is 1.39. The molecule has 0 radical (unpaired) electrons. The van der Waals surface area contributed by atoms with Crippen LogP contribution in [0.2, 0.25) is 0 Å². The van der Waals surface area contributed by atoms with Crippen LogP contribution in [0, 0.1) is 17.0 Å².